The van der Waals surface area contributed by atoms with Gasteiger partial charge in [-0.15, -0.1) is 0 Å². The third-order valence-corrected chi connectivity index (χ3v) is 3.88. The molecule has 1 aliphatic rings. The number of hydrogen-bond donors (Lipinski definition) is 2. The van der Waals surface area contributed by atoms with Crippen molar-refractivity contribution in [1.82, 2.24) is 24.4 Å². The molecule has 3 rings (SSSR count). The summed E-state index contributed by atoms with van der Waals surface area (Å²) in [6, 6.07) is 0. The third-order valence-electron chi connectivity index (χ3n) is 3.88. The molecule has 0 bridgehead atoms. The highest BCUT2D eigenvalue weighted by molar-refractivity contribution is 5.93. The number of fused-ring (bicyclic) bond motifs is 1. The Labute approximate surface area is 159 Å². The summed E-state index contributed by atoms with van der Waals surface area (Å²) in [6.07, 6.45) is 4.55. The highest BCUT2D eigenvalue weighted by Gasteiger charge is 2.23. The van der Waals surface area contributed by atoms with Gasteiger partial charge in [0.1, 0.15) is 17.2 Å². The number of ether oxygens (including phenoxy) is 1. The van der Waals surface area contributed by atoms with Crippen LogP contribution in [0.15, 0.2) is 18.6 Å². The Balaban J connectivity index is 0.000000878. The first-order valence-electron chi connectivity index (χ1n) is 8.04. The van der Waals surface area contributed by atoms with Gasteiger partial charge in [0.2, 0.25) is 0 Å². The van der Waals surface area contributed by atoms with Crippen molar-refractivity contribution in [3.8, 4) is 0 Å². The Bertz CT molecular complexity index is 853. The minimum atomic E-state index is -0.614. The number of carboxylic acid groups (broad SMARTS) is 1. The van der Waals surface area contributed by atoms with E-state index in [0.29, 0.717) is 31.9 Å². The van der Waals surface area contributed by atoms with Crippen LogP contribution in [0.1, 0.15) is 37.3 Å². The van der Waals surface area contributed by atoms with Crippen LogP contribution >= 0.6 is 0 Å². The second-order valence-corrected chi connectivity index (χ2v) is 5.53. The summed E-state index contributed by atoms with van der Waals surface area (Å²) in [4.78, 5) is 57.2. The van der Waals surface area contributed by atoms with Crippen molar-refractivity contribution in [3.05, 3.63) is 41.5 Å². The second kappa shape index (κ2) is 9.21. The van der Waals surface area contributed by atoms with E-state index in [4.69, 9.17) is 15.6 Å². The molecule has 2 aromatic heterocycles. The molecule has 0 atom stereocenters. The first kappa shape index (κ1) is 20.5. The zero-order valence-corrected chi connectivity index (χ0v) is 14.9. The molecule has 3 heterocycles. The number of nitrogens with two attached hydrogens (primary N) is 1. The van der Waals surface area contributed by atoms with E-state index >= 15 is 0 Å². The zero-order valence-electron chi connectivity index (χ0n) is 14.9. The average Bonchev–Trinajstić information content (AvgIpc) is 3.01. The normalized spacial score (nSPS) is 12.7. The topological polar surface area (TPSA) is 171 Å². The average molecular weight is 390 g/mol. The summed E-state index contributed by atoms with van der Waals surface area (Å²) in [6.45, 7) is 1.10. The molecule has 12 heteroatoms. The minimum absolute atomic E-state index is 0.0361. The molecule has 0 unspecified atom stereocenters. The molecular formula is C16H18N6O6. The lowest BCUT2D eigenvalue weighted by Gasteiger charge is -2.19. The van der Waals surface area contributed by atoms with Gasteiger partial charge in [0, 0.05) is 32.3 Å². The number of carbonyl (C=O) groups is 4. The Hall–Kier alpha value is -3.83. The van der Waals surface area contributed by atoms with Gasteiger partial charge in [0.05, 0.1) is 19.5 Å². The molecule has 0 aliphatic carbocycles. The molecule has 148 valence electrons. The maximum Gasteiger partial charge on any atom is 0.358 e. The third kappa shape index (κ3) is 4.66. The molecule has 12 nitrogen and oxygen atoms in total. The Morgan fingerprint density at radius 2 is 1.79 bits per heavy atom. The van der Waals surface area contributed by atoms with Crippen LogP contribution in [0.5, 0.6) is 0 Å². The van der Waals surface area contributed by atoms with E-state index in [1.807, 2.05) is 4.57 Å². The van der Waals surface area contributed by atoms with Gasteiger partial charge in [-0.25, -0.2) is 19.7 Å². The molecule has 2 amide bonds. The van der Waals surface area contributed by atoms with Gasteiger partial charge in [-0.3, -0.25) is 14.4 Å². The Morgan fingerprint density at radius 1 is 1.14 bits per heavy atom. The number of imidazole rings is 1. The van der Waals surface area contributed by atoms with Crippen molar-refractivity contribution in [2.24, 2.45) is 5.73 Å². The van der Waals surface area contributed by atoms with Crippen LogP contribution in [-0.2, 0) is 22.5 Å². The van der Waals surface area contributed by atoms with Gasteiger partial charge in [-0.1, -0.05) is 0 Å². The highest BCUT2D eigenvalue weighted by Crippen LogP contribution is 2.12. The van der Waals surface area contributed by atoms with Gasteiger partial charge in [-0.05, 0) is 0 Å². The number of hydrogen-bond acceptors (Lipinski definition) is 8. The number of nitrogens with zero attached hydrogens (tertiary/aromatic N) is 5. The molecule has 0 fully saturated rings. The van der Waals surface area contributed by atoms with Gasteiger partial charge in [-0.2, -0.15) is 0 Å². The fourth-order valence-electron chi connectivity index (χ4n) is 2.55. The van der Waals surface area contributed by atoms with Crippen molar-refractivity contribution in [3.63, 3.8) is 0 Å². The van der Waals surface area contributed by atoms with Crippen molar-refractivity contribution >= 4 is 24.3 Å². The number of carbonyl (C=O) groups excluding carboxylic acids is 3. The predicted octanol–water partition coefficient (Wildman–Crippen LogP) is -1.04. The number of amides is 2. The molecule has 0 aromatic carbocycles. The molecule has 0 saturated heterocycles. The van der Waals surface area contributed by atoms with Crippen molar-refractivity contribution in [2.75, 3.05) is 20.2 Å². The van der Waals surface area contributed by atoms with Gasteiger partial charge in [0.15, 0.2) is 5.69 Å². The van der Waals surface area contributed by atoms with Crippen LogP contribution in [0.3, 0.4) is 0 Å². The lowest BCUT2D eigenvalue weighted by atomic mass is 10.3. The standard InChI is InChI=1S/C15H16N6O4.CH2O2/c1-25-15(24)10-7-17-9(6-18-10)14(23)20-3-2-12-19-11(13(16)22)8-21(12)5-4-20;2-1-3/h6-8H,2-5H2,1H3,(H2,16,22);1H,(H,2,3). The van der Waals surface area contributed by atoms with Gasteiger partial charge >= 0.3 is 5.97 Å². The van der Waals surface area contributed by atoms with E-state index in [0.717, 1.165) is 0 Å². The summed E-state index contributed by atoms with van der Waals surface area (Å²) < 4.78 is 6.36. The lowest BCUT2D eigenvalue weighted by molar-refractivity contribution is -0.122. The van der Waals surface area contributed by atoms with Crippen molar-refractivity contribution < 1.29 is 29.0 Å². The molecule has 0 radical (unpaired) electrons. The summed E-state index contributed by atoms with van der Waals surface area (Å²) in [5.74, 6) is -0.771. The van der Waals surface area contributed by atoms with E-state index in [1.165, 1.54) is 19.5 Å². The highest BCUT2D eigenvalue weighted by atomic mass is 16.5. The second-order valence-electron chi connectivity index (χ2n) is 5.53. The van der Waals surface area contributed by atoms with E-state index in [-0.39, 0.29) is 29.5 Å². The number of rotatable bonds is 3. The Morgan fingerprint density at radius 3 is 2.36 bits per heavy atom. The predicted molar refractivity (Wildman–Crippen MR) is 92.4 cm³/mol. The van der Waals surface area contributed by atoms with E-state index < -0.39 is 11.9 Å². The lowest BCUT2D eigenvalue weighted by Crippen LogP contribution is -2.34. The largest absolute Gasteiger partial charge is 0.483 e. The number of primary amides is 1. The smallest absolute Gasteiger partial charge is 0.358 e. The molecule has 2 aromatic rings. The SMILES string of the molecule is COC(=O)c1cnc(C(=O)N2CCc3nc(C(N)=O)cn3CC2)cn1.O=CO. The maximum absolute atomic E-state index is 12.6. The Kier molecular flexibility index (Phi) is 6.73. The van der Waals surface area contributed by atoms with E-state index in [9.17, 15) is 14.4 Å². The summed E-state index contributed by atoms with van der Waals surface area (Å²) in [5, 5.41) is 6.89. The van der Waals surface area contributed by atoms with Crippen LogP contribution in [0, 0.1) is 0 Å². The monoisotopic (exact) mass is 390 g/mol. The molecule has 1 aliphatic heterocycles. The van der Waals surface area contributed by atoms with Crippen LogP contribution < -0.4 is 5.73 Å². The fraction of sp³-hybridized carbons (Fsp3) is 0.312. The van der Waals surface area contributed by atoms with Crippen LogP contribution in [0.4, 0.5) is 0 Å². The maximum atomic E-state index is 12.6. The zero-order chi connectivity index (χ0) is 20.7. The molecule has 3 N–H and O–H groups in total. The minimum Gasteiger partial charge on any atom is -0.483 e. The summed E-state index contributed by atoms with van der Waals surface area (Å²) in [7, 11) is 1.24. The van der Waals surface area contributed by atoms with Crippen LogP contribution in [-0.4, -0.2) is 74.0 Å². The number of aromatic nitrogens is 4. The van der Waals surface area contributed by atoms with E-state index in [2.05, 4.69) is 19.7 Å². The first-order chi connectivity index (χ1) is 13.4. The van der Waals surface area contributed by atoms with Crippen LogP contribution in [0.25, 0.3) is 0 Å². The van der Waals surface area contributed by atoms with Crippen molar-refractivity contribution in [1.29, 1.82) is 0 Å². The van der Waals surface area contributed by atoms with Gasteiger partial charge < -0.3 is 25.0 Å². The number of esters is 1. The fourth-order valence-corrected chi connectivity index (χ4v) is 2.55. The van der Waals surface area contributed by atoms with E-state index in [1.54, 1.807) is 11.1 Å². The summed E-state index contributed by atoms with van der Waals surface area (Å²) >= 11 is 0. The molecule has 0 saturated carbocycles. The van der Waals surface area contributed by atoms with Crippen molar-refractivity contribution in [2.45, 2.75) is 13.0 Å². The molecular weight excluding hydrogens is 372 g/mol. The number of methoxy groups -OCH3 is 1. The van der Waals surface area contributed by atoms with Crippen LogP contribution in [0.2, 0.25) is 0 Å². The summed E-state index contributed by atoms with van der Waals surface area (Å²) in [5.41, 5.74) is 5.63. The molecule has 0 spiro atoms. The quantitative estimate of drug-likeness (QED) is 0.490. The first-order valence-corrected chi connectivity index (χ1v) is 8.04. The van der Waals surface area contributed by atoms with Gasteiger partial charge in [0.25, 0.3) is 18.3 Å². The molecule has 28 heavy (non-hydrogen) atoms.